The van der Waals surface area contributed by atoms with Gasteiger partial charge in [-0.3, -0.25) is 0 Å². The molecule has 0 unspecified atom stereocenters. The van der Waals surface area contributed by atoms with Gasteiger partial charge in [-0.25, -0.2) is 18.8 Å². The Morgan fingerprint density at radius 1 is 1.19 bits per heavy atom. The maximum atomic E-state index is 13.1. The van der Waals surface area contributed by atoms with Crippen molar-refractivity contribution >= 4 is 18.2 Å². The fraction of sp³-hybridized carbons (Fsp3) is 0.571. The van der Waals surface area contributed by atoms with E-state index in [0.29, 0.717) is 4.90 Å². The molecule has 2 rings (SSSR count). The van der Waals surface area contributed by atoms with Crippen LogP contribution in [0, 0.1) is 5.82 Å². The molecule has 0 aliphatic carbocycles. The van der Waals surface area contributed by atoms with Crippen LogP contribution in [0.3, 0.4) is 0 Å². The Morgan fingerprint density at radius 3 is 2.35 bits per heavy atom. The van der Waals surface area contributed by atoms with Gasteiger partial charge in [0, 0.05) is 0 Å². The molecule has 1 heterocycles. The molecule has 2 amide bonds. The number of nitrogens with zero attached hydrogens (tertiary/aromatic N) is 1. The van der Waals surface area contributed by atoms with Crippen molar-refractivity contribution in [2.45, 2.75) is 76.9 Å². The Labute approximate surface area is 179 Å². The van der Waals surface area contributed by atoms with Crippen molar-refractivity contribution in [3.05, 3.63) is 30.1 Å². The number of ether oxygens (including phenoxy) is 3. The maximum Gasteiger partial charge on any atom is 0.420 e. The molecule has 0 saturated carbocycles. The molecule has 0 radical (unpaired) electrons. The van der Waals surface area contributed by atoms with Gasteiger partial charge in [0.1, 0.15) is 29.3 Å². The highest BCUT2D eigenvalue weighted by atomic mass is 19.1. The fourth-order valence-corrected chi connectivity index (χ4v) is 3.17. The van der Waals surface area contributed by atoms with E-state index < -0.39 is 53.9 Å². The van der Waals surface area contributed by atoms with Gasteiger partial charge in [0.05, 0.1) is 6.10 Å². The summed E-state index contributed by atoms with van der Waals surface area (Å²) in [4.78, 5) is 37.3. The van der Waals surface area contributed by atoms with Crippen LogP contribution in [0.5, 0.6) is 5.75 Å². The summed E-state index contributed by atoms with van der Waals surface area (Å²) in [5, 5.41) is 20.1. The number of cyclic esters (lactones) is 1. The molecule has 1 aliphatic rings. The lowest BCUT2D eigenvalue weighted by atomic mass is 10.0. The molecule has 31 heavy (non-hydrogen) atoms. The van der Waals surface area contributed by atoms with Gasteiger partial charge in [-0.05, 0) is 71.2 Å². The van der Waals surface area contributed by atoms with Crippen LogP contribution in [0.4, 0.5) is 14.0 Å². The van der Waals surface area contributed by atoms with E-state index in [-0.39, 0.29) is 25.0 Å². The SMILES string of the molecule is C[C@@H]1OC(=O)[C@@H](N(C(=O)O)C(=O)OC(C)(C)C)CCC[C@H](O)[C@H]1Oc1ccc(F)cc1. The summed E-state index contributed by atoms with van der Waals surface area (Å²) < 4.78 is 29.3. The van der Waals surface area contributed by atoms with Crippen LogP contribution in [-0.2, 0) is 14.3 Å². The minimum Gasteiger partial charge on any atom is -0.484 e. The van der Waals surface area contributed by atoms with E-state index in [1.165, 1.54) is 31.2 Å². The number of imide groups is 1. The molecular formula is C21H28FNO8. The molecule has 1 aromatic rings. The zero-order chi connectivity index (χ0) is 23.3. The van der Waals surface area contributed by atoms with Crippen molar-refractivity contribution in [1.29, 1.82) is 0 Å². The second-order valence-electron chi connectivity index (χ2n) is 8.33. The van der Waals surface area contributed by atoms with Crippen molar-refractivity contribution < 1.29 is 43.2 Å². The summed E-state index contributed by atoms with van der Waals surface area (Å²) in [6, 6.07) is 3.69. The molecular weight excluding hydrogens is 413 g/mol. The first-order valence-electron chi connectivity index (χ1n) is 9.95. The standard InChI is InChI=1S/C21H28FNO8/c1-12-17(30-14-10-8-13(22)9-11-14)16(24)7-5-6-15(18(25)29-12)23(19(26)27)20(28)31-21(2,3)4/h8-12,15-17,24H,5-7H2,1-4H3,(H,26,27)/t12-,15-,16-,17-/m0/s1. The second kappa shape index (κ2) is 9.95. The van der Waals surface area contributed by atoms with Gasteiger partial charge < -0.3 is 24.4 Å². The summed E-state index contributed by atoms with van der Waals surface area (Å²) in [6.07, 6.45) is -5.54. The van der Waals surface area contributed by atoms with E-state index in [4.69, 9.17) is 14.2 Å². The lowest BCUT2D eigenvalue weighted by Crippen LogP contribution is -2.51. The number of hydrogen-bond acceptors (Lipinski definition) is 7. The van der Waals surface area contributed by atoms with Crippen LogP contribution in [0.1, 0.15) is 47.0 Å². The number of carboxylic acid groups (broad SMARTS) is 1. The molecule has 1 aliphatic heterocycles. The van der Waals surface area contributed by atoms with Gasteiger partial charge >= 0.3 is 18.2 Å². The molecule has 172 valence electrons. The van der Waals surface area contributed by atoms with E-state index in [9.17, 15) is 29.0 Å². The molecule has 1 aromatic carbocycles. The van der Waals surface area contributed by atoms with Gasteiger partial charge in [-0.2, -0.15) is 4.90 Å². The van der Waals surface area contributed by atoms with Crippen molar-refractivity contribution in [1.82, 2.24) is 4.90 Å². The molecule has 0 spiro atoms. The number of aliphatic hydroxyl groups excluding tert-OH is 1. The first kappa shape index (κ1) is 24.4. The van der Waals surface area contributed by atoms with Crippen molar-refractivity contribution in [3.8, 4) is 5.75 Å². The molecule has 1 fully saturated rings. The number of rotatable bonds is 3. The molecule has 1 saturated heterocycles. The van der Waals surface area contributed by atoms with Gasteiger partial charge in [-0.1, -0.05) is 0 Å². The number of halogens is 1. The Bertz CT molecular complexity index is 792. The monoisotopic (exact) mass is 441 g/mol. The lowest BCUT2D eigenvalue weighted by molar-refractivity contribution is -0.160. The minimum absolute atomic E-state index is 0.0581. The normalized spacial score (nSPS) is 24.8. The number of esters is 1. The predicted octanol–water partition coefficient (Wildman–Crippen LogP) is 3.33. The highest BCUT2D eigenvalue weighted by Gasteiger charge is 2.42. The van der Waals surface area contributed by atoms with Crippen LogP contribution in [-0.4, -0.2) is 63.2 Å². The van der Waals surface area contributed by atoms with Gasteiger partial charge in [0.15, 0.2) is 6.10 Å². The zero-order valence-corrected chi connectivity index (χ0v) is 17.9. The van der Waals surface area contributed by atoms with Gasteiger partial charge in [0.2, 0.25) is 0 Å². The molecule has 9 nitrogen and oxygen atoms in total. The third kappa shape index (κ3) is 6.81. The summed E-state index contributed by atoms with van der Waals surface area (Å²) in [7, 11) is 0. The van der Waals surface area contributed by atoms with E-state index in [0.717, 1.165) is 0 Å². The Morgan fingerprint density at radius 2 is 1.81 bits per heavy atom. The van der Waals surface area contributed by atoms with Crippen molar-refractivity contribution in [2.24, 2.45) is 0 Å². The summed E-state index contributed by atoms with van der Waals surface area (Å²) >= 11 is 0. The number of carbonyl (C=O) groups excluding carboxylic acids is 2. The molecule has 2 N–H and O–H groups in total. The lowest BCUT2D eigenvalue weighted by Gasteiger charge is -2.30. The largest absolute Gasteiger partial charge is 0.484 e. The smallest absolute Gasteiger partial charge is 0.420 e. The average molecular weight is 441 g/mol. The van der Waals surface area contributed by atoms with Crippen LogP contribution in [0.25, 0.3) is 0 Å². The van der Waals surface area contributed by atoms with E-state index >= 15 is 0 Å². The topological polar surface area (TPSA) is 123 Å². The summed E-state index contributed by atoms with van der Waals surface area (Å²) in [6.45, 7) is 6.20. The number of aliphatic hydroxyl groups is 1. The third-order valence-corrected chi connectivity index (χ3v) is 4.59. The van der Waals surface area contributed by atoms with Crippen LogP contribution in [0.2, 0.25) is 0 Å². The van der Waals surface area contributed by atoms with Gasteiger partial charge in [-0.15, -0.1) is 0 Å². The minimum atomic E-state index is -1.65. The third-order valence-electron chi connectivity index (χ3n) is 4.59. The van der Waals surface area contributed by atoms with Gasteiger partial charge in [0.25, 0.3) is 0 Å². The maximum absolute atomic E-state index is 13.1. The Hall–Kier alpha value is -2.88. The molecule has 0 aromatic heterocycles. The predicted molar refractivity (Wildman–Crippen MR) is 106 cm³/mol. The van der Waals surface area contributed by atoms with E-state index in [2.05, 4.69) is 0 Å². The van der Waals surface area contributed by atoms with E-state index in [1.807, 2.05) is 0 Å². The zero-order valence-electron chi connectivity index (χ0n) is 17.9. The Balaban J connectivity index is 2.22. The highest BCUT2D eigenvalue weighted by Crippen LogP contribution is 2.25. The average Bonchev–Trinajstić information content (AvgIpc) is 2.68. The number of hydrogen-bond donors (Lipinski definition) is 2. The van der Waals surface area contributed by atoms with E-state index in [1.54, 1.807) is 20.8 Å². The molecule has 0 bridgehead atoms. The fourth-order valence-electron chi connectivity index (χ4n) is 3.17. The Kier molecular flexibility index (Phi) is 7.83. The number of carbonyl (C=O) groups is 3. The summed E-state index contributed by atoms with van der Waals surface area (Å²) in [5.74, 6) is -1.15. The number of benzene rings is 1. The highest BCUT2D eigenvalue weighted by molar-refractivity contribution is 5.93. The first-order chi connectivity index (χ1) is 14.4. The molecule has 4 atom stereocenters. The van der Waals surface area contributed by atoms with Crippen LogP contribution < -0.4 is 4.74 Å². The second-order valence-corrected chi connectivity index (χ2v) is 8.33. The van der Waals surface area contributed by atoms with Crippen molar-refractivity contribution in [2.75, 3.05) is 0 Å². The summed E-state index contributed by atoms with van der Waals surface area (Å²) in [5.41, 5.74) is -0.967. The van der Waals surface area contributed by atoms with Crippen LogP contribution >= 0.6 is 0 Å². The first-order valence-corrected chi connectivity index (χ1v) is 9.95. The van der Waals surface area contributed by atoms with Crippen LogP contribution in [0.15, 0.2) is 24.3 Å². The molecule has 10 heteroatoms. The van der Waals surface area contributed by atoms with Crippen molar-refractivity contribution in [3.63, 3.8) is 0 Å². The quantitative estimate of drug-likeness (QED) is 0.685. The number of amides is 2.